The average Bonchev–Trinajstić information content (AvgIpc) is 2.18. The Balaban J connectivity index is 2.54. The number of halogens is 1. The van der Waals surface area contributed by atoms with Gasteiger partial charge in [0.2, 0.25) is 0 Å². The number of carboxylic acids is 1. The molecule has 0 amide bonds. The van der Waals surface area contributed by atoms with E-state index in [2.05, 4.69) is 0 Å². The Morgan fingerprint density at radius 2 is 2.12 bits per heavy atom. The van der Waals surface area contributed by atoms with E-state index in [9.17, 15) is 9.90 Å². The molecule has 4 heteroatoms. The van der Waals surface area contributed by atoms with E-state index in [-0.39, 0.29) is 0 Å². The topological polar surface area (TPSA) is 46.5 Å². The SMILES string of the molecule is COc1cc(C2(C(=O)O)CCC2)c(Cl)cc1C. The smallest absolute Gasteiger partial charge is 0.314 e. The maximum atomic E-state index is 11.4. The highest BCUT2D eigenvalue weighted by Crippen LogP contribution is 2.47. The zero-order valence-electron chi connectivity index (χ0n) is 9.92. The van der Waals surface area contributed by atoms with Crippen molar-refractivity contribution in [1.29, 1.82) is 0 Å². The molecule has 0 saturated heterocycles. The van der Waals surface area contributed by atoms with Gasteiger partial charge in [0.1, 0.15) is 5.75 Å². The predicted octanol–water partition coefficient (Wildman–Crippen LogP) is 3.16. The van der Waals surface area contributed by atoms with E-state index in [1.54, 1.807) is 19.2 Å². The molecule has 1 aliphatic rings. The van der Waals surface area contributed by atoms with Crippen molar-refractivity contribution in [3.05, 3.63) is 28.3 Å². The number of methoxy groups -OCH3 is 1. The number of carboxylic acid groups (broad SMARTS) is 1. The largest absolute Gasteiger partial charge is 0.496 e. The minimum absolute atomic E-state index is 0.519. The minimum Gasteiger partial charge on any atom is -0.496 e. The molecule has 17 heavy (non-hydrogen) atoms. The first-order chi connectivity index (χ1) is 8.01. The summed E-state index contributed by atoms with van der Waals surface area (Å²) in [5.41, 5.74) is 0.791. The molecule has 3 nitrogen and oxygen atoms in total. The molecule has 1 aliphatic carbocycles. The van der Waals surface area contributed by atoms with E-state index >= 15 is 0 Å². The van der Waals surface area contributed by atoms with Gasteiger partial charge in [0.25, 0.3) is 0 Å². The van der Waals surface area contributed by atoms with Crippen LogP contribution in [0.25, 0.3) is 0 Å². The van der Waals surface area contributed by atoms with Crippen LogP contribution in [0.15, 0.2) is 12.1 Å². The van der Waals surface area contributed by atoms with Gasteiger partial charge in [0.05, 0.1) is 12.5 Å². The lowest BCUT2D eigenvalue weighted by atomic mass is 9.64. The standard InChI is InChI=1S/C13H15ClO3/c1-8-6-10(14)9(7-11(8)17-2)13(12(15)16)4-3-5-13/h6-7H,3-5H2,1-2H3,(H,15,16). The molecular formula is C13H15ClO3. The monoisotopic (exact) mass is 254 g/mol. The van der Waals surface area contributed by atoms with Crippen molar-refractivity contribution in [2.45, 2.75) is 31.6 Å². The molecule has 1 saturated carbocycles. The first-order valence-corrected chi connectivity index (χ1v) is 5.97. The molecule has 0 spiro atoms. The maximum Gasteiger partial charge on any atom is 0.314 e. The molecular weight excluding hydrogens is 240 g/mol. The number of hydrogen-bond donors (Lipinski definition) is 1. The van der Waals surface area contributed by atoms with Crippen molar-refractivity contribution < 1.29 is 14.6 Å². The third-order valence-corrected chi connectivity index (χ3v) is 3.93. The van der Waals surface area contributed by atoms with E-state index in [4.69, 9.17) is 16.3 Å². The van der Waals surface area contributed by atoms with Gasteiger partial charge in [-0.3, -0.25) is 4.79 Å². The van der Waals surface area contributed by atoms with Crippen LogP contribution >= 0.6 is 11.6 Å². The van der Waals surface area contributed by atoms with Gasteiger partial charge in [0, 0.05) is 5.02 Å². The Kier molecular flexibility index (Phi) is 3.04. The van der Waals surface area contributed by atoms with Crippen LogP contribution in [0, 0.1) is 6.92 Å². The third-order valence-electron chi connectivity index (χ3n) is 3.62. The molecule has 0 bridgehead atoms. The number of carbonyl (C=O) groups is 1. The number of benzene rings is 1. The van der Waals surface area contributed by atoms with E-state index in [0.717, 1.165) is 12.0 Å². The summed E-state index contributed by atoms with van der Waals surface area (Å²) < 4.78 is 5.23. The van der Waals surface area contributed by atoms with Crippen LogP contribution in [0.1, 0.15) is 30.4 Å². The summed E-state index contributed by atoms with van der Waals surface area (Å²) in [6, 6.07) is 3.55. The Hall–Kier alpha value is -1.22. The zero-order chi connectivity index (χ0) is 12.6. The van der Waals surface area contributed by atoms with Gasteiger partial charge in [-0.15, -0.1) is 0 Å². The first-order valence-electron chi connectivity index (χ1n) is 5.59. The number of aryl methyl sites for hydroxylation is 1. The second kappa shape index (κ2) is 4.22. The molecule has 0 atom stereocenters. The molecule has 0 aliphatic heterocycles. The quantitative estimate of drug-likeness (QED) is 0.901. The van der Waals surface area contributed by atoms with Crippen LogP contribution in [-0.2, 0) is 10.2 Å². The van der Waals surface area contributed by atoms with Crippen LogP contribution in [0.3, 0.4) is 0 Å². The molecule has 0 heterocycles. The average molecular weight is 255 g/mol. The van der Waals surface area contributed by atoms with E-state index in [1.807, 2.05) is 6.92 Å². The van der Waals surface area contributed by atoms with E-state index < -0.39 is 11.4 Å². The number of rotatable bonds is 3. The summed E-state index contributed by atoms with van der Waals surface area (Å²) in [5.74, 6) is -0.103. The van der Waals surface area contributed by atoms with Crippen LogP contribution in [0.4, 0.5) is 0 Å². The summed E-state index contributed by atoms with van der Waals surface area (Å²) in [6.07, 6.45) is 2.22. The Labute approximate surface area is 105 Å². The molecule has 1 N–H and O–H groups in total. The molecule has 1 aromatic carbocycles. The van der Waals surface area contributed by atoms with Crippen molar-refractivity contribution in [1.82, 2.24) is 0 Å². The van der Waals surface area contributed by atoms with Crippen molar-refractivity contribution in [3.8, 4) is 5.75 Å². The lowest BCUT2D eigenvalue weighted by Gasteiger charge is -2.38. The van der Waals surface area contributed by atoms with E-state index in [1.165, 1.54) is 0 Å². The Morgan fingerprint density at radius 3 is 2.53 bits per heavy atom. The van der Waals surface area contributed by atoms with Crippen LogP contribution < -0.4 is 4.74 Å². The molecule has 0 unspecified atom stereocenters. The lowest BCUT2D eigenvalue weighted by molar-refractivity contribution is -0.147. The minimum atomic E-state index is -0.807. The first kappa shape index (κ1) is 12.2. The summed E-state index contributed by atoms with van der Waals surface area (Å²) in [4.78, 5) is 11.4. The fourth-order valence-corrected chi connectivity index (χ4v) is 2.77. The van der Waals surface area contributed by atoms with Gasteiger partial charge in [-0.2, -0.15) is 0 Å². The molecule has 0 aromatic heterocycles. The van der Waals surface area contributed by atoms with Gasteiger partial charge in [0.15, 0.2) is 0 Å². The van der Waals surface area contributed by atoms with Gasteiger partial charge in [-0.05, 0) is 43.0 Å². The molecule has 1 fully saturated rings. The predicted molar refractivity (Wildman–Crippen MR) is 65.9 cm³/mol. The van der Waals surface area contributed by atoms with Crippen LogP contribution in [-0.4, -0.2) is 18.2 Å². The van der Waals surface area contributed by atoms with Gasteiger partial charge < -0.3 is 9.84 Å². The number of aliphatic carboxylic acids is 1. The van der Waals surface area contributed by atoms with Crippen molar-refractivity contribution in [2.24, 2.45) is 0 Å². The molecule has 1 aromatic rings. The highest BCUT2D eigenvalue weighted by atomic mass is 35.5. The summed E-state index contributed by atoms with van der Waals surface area (Å²) in [7, 11) is 1.58. The van der Waals surface area contributed by atoms with Crippen molar-refractivity contribution >= 4 is 17.6 Å². The van der Waals surface area contributed by atoms with Crippen LogP contribution in [0.5, 0.6) is 5.75 Å². The zero-order valence-corrected chi connectivity index (χ0v) is 10.7. The molecule has 2 rings (SSSR count). The van der Waals surface area contributed by atoms with Crippen molar-refractivity contribution in [3.63, 3.8) is 0 Å². The number of ether oxygens (including phenoxy) is 1. The van der Waals surface area contributed by atoms with Crippen LogP contribution in [0.2, 0.25) is 5.02 Å². The van der Waals surface area contributed by atoms with Gasteiger partial charge in [-0.1, -0.05) is 18.0 Å². The normalized spacial score (nSPS) is 17.4. The fraction of sp³-hybridized carbons (Fsp3) is 0.462. The Bertz CT molecular complexity index is 464. The van der Waals surface area contributed by atoms with Crippen molar-refractivity contribution in [2.75, 3.05) is 7.11 Å². The summed E-state index contributed by atoms with van der Waals surface area (Å²) in [5, 5.41) is 9.91. The van der Waals surface area contributed by atoms with Gasteiger partial charge in [-0.25, -0.2) is 0 Å². The third kappa shape index (κ3) is 1.78. The highest BCUT2D eigenvalue weighted by Gasteiger charge is 2.47. The second-order valence-corrected chi connectivity index (χ2v) is 4.95. The summed E-state index contributed by atoms with van der Waals surface area (Å²) >= 11 is 6.18. The maximum absolute atomic E-state index is 11.4. The Morgan fingerprint density at radius 1 is 1.47 bits per heavy atom. The molecule has 0 radical (unpaired) electrons. The van der Waals surface area contributed by atoms with E-state index in [0.29, 0.717) is 29.2 Å². The lowest BCUT2D eigenvalue weighted by Crippen LogP contribution is -2.42. The fourth-order valence-electron chi connectivity index (χ4n) is 2.37. The second-order valence-electron chi connectivity index (χ2n) is 4.54. The highest BCUT2D eigenvalue weighted by molar-refractivity contribution is 6.32. The van der Waals surface area contributed by atoms with Gasteiger partial charge >= 0.3 is 5.97 Å². The molecule has 92 valence electrons. The summed E-state index contributed by atoms with van der Waals surface area (Å²) in [6.45, 7) is 1.89. The number of hydrogen-bond acceptors (Lipinski definition) is 2.